The summed E-state index contributed by atoms with van der Waals surface area (Å²) in [6.45, 7) is 2.08. The molecule has 1 aliphatic heterocycles. The lowest BCUT2D eigenvalue weighted by molar-refractivity contribution is -0.148. The van der Waals surface area contributed by atoms with Gasteiger partial charge in [0.2, 0.25) is 5.91 Å². The summed E-state index contributed by atoms with van der Waals surface area (Å²) in [5.74, 6) is -0.519. The Morgan fingerprint density at radius 3 is 2.75 bits per heavy atom. The summed E-state index contributed by atoms with van der Waals surface area (Å²) in [5.41, 5.74) is 0. The lowest BCUT2D eigenvalue weighted by Crippen LogP contribution is -2.53. The van der Waals surface area contributed by atoms with Gasteiger partial charge < -0.3 is 14.7 Å². The van der Waals surface area contributed by atoms with Gasteiger partial charge in [-0.05, 0) is 37.1 Å². The van der Waals surface area contributed by atoms with Crippen molar-refractivity contribution in [2.24, 2.45) is 5.92 Å². The van der Waals surface area contributed by atoms with Crippen LogP contribution >= 0.6 is 23.1 Å². The van der Waals surface area contributed by atoms with Gasteiger partial charge in [0.25, 0.3) is 0 Å². The van der Waals surface area contributed by atoms with Gasteiger partial charge in [-0.1, -0.05) is 38.2 Å². The minimum absolute atomic E-state index is 0.0217. The molecule has 3 unspecified atom stereocenters. The van der Waals surface area contributed by atoms with Gasteiger partial charge in [0, 0.05) is 17.2 Å². The smallest absolute Gasteiger partial charge is 0.323 e. The number of amides is 1. The van der Waals surface area contributed by atoms with E-state index >= 15 is 0 Å². The molecule has 2 fully saturated rings. The Bertz CT molecular complexity index is 752. The Labute approximate surface area is 198 Å². The SMILES string of the molecule is CCOC(=O)C(CCC1CCCCC1)NC1CSC(c2cccs2)CN(CC(=O)O)C1=O. The van der Waals surface area contributed by atoms with E-state index in [0.29, 0.717) is 31.2 Å². The number of ether oxygens (including phenoxy) is 1. The first-order chi connectivity index (χ1) is 15.5. The van der Waals surface area contributed by atoms with E-state index in [1.807, 2.05) is 17.5 Å². The summed E-state index contributed by atoms with van der Waals surface area (Å²) in [6.07, 6.45) is 7.73. The summed E-state index contributed by atoms with van der Waals surface area (Å²) in [6, 6.07) is 2.80. The Morgan fingerprint density at radius 2 is 2.09 bits per heavy atom. The van der Waals surface area contributed by atoms with Crippen molar-refractivity contribution in [3.8, 4) is 0 Å². The molecule has 1 aromatic heterocycles. The van der Waals surface area contributed by atoms with E-state index in [1.54, 1.807) is 30.0 Å². The summed E-state index contributed by atoms with van der Waals surface area (Å²) < 4.78 is 5.30. The van der Waals surface area contributed by atoms with E-state index in [-0.39, 0.29) is 23.7 Å². The van der Waals surface area contributed by atoms with Crippen LogP contribution in [-0.2, 0) is 19.1 Å². The minimum atomic E-state index is -1.03. The van der Waals surface area contributed by atoms with Crippen LogP contribution in [0.1, 0.15) is 62.0 Å². The van der Waals surface area contributed by atoms with Crippen LogP contribution in [0.4, 0.5) is 0 Å². The zero-order valence-electron chi connectivity index (χ0n) is 18.7. The van der Waals surface area contributed by atoms with E-state index < -0.39 is 18.1 Å². The van der Waals surface area contributed by atoms with Crippen molar-refractivity contribution >= 4 is 40.9 Å². The Hall–Kier alpha value is -1.58. The van der Waals surface area contributed by atoms with Gasteiger partial charge in [-0.15, -0.1) is 23.1 Å². The van der Waals surface area contributed by atoms with E-state index in [2.05, 4.69) is 5.32 Å². The fourth-order valence-corrected chi connectivity index (χ4v) is 6.81. The average molecular weight is 483 g/mol. The van der Waals surface area contributed by atoms with Crippen LogP contribution in [-0.4, -0.2) is 65.4 Å². The number of hydrogen-bond donors (Lipinski definition) is 2. The largest absolute Gasteiger partial charge is 0.480 e. The van der Waals surface area contributed by atoms with Crippen LogP contribution in [0, 0.1) is 5.92 Å². The number of rotatable bonds is 10. The molecule has 2 N–H and O–H groups in total. The van der Waals surface area contributed by atoms with E-state index in [4.69, 9.17) is 4.74 Å². The molecule has 1 aliphatic carbocycles. The molecular formula is C23H34N2O5S2. The molecule has 0 radical (unpaired) electrons. The molecule has 1 saturated carbocycles. The van der Waals surface area contributed by atoms with E-state index in [9.17, 15) is 19.5 Å². The van der Waals surface area contributed by atoms with E-state index in [1.165, 1.54) is 37.0 Å². The van der Waals surface area contributed by atoms with Gasteiger partial charge in [0.15, 0.2) is 0 Å². The second-order valence-electron chi connectivity index (χ2n) is 8.56. The fourth-order valence-electron chi connectivity index (χ4n) is 4.55. The Kier molecular flexibility index (Phi) is 9.87. The number of carboxylic acid groups (broad SMARTS) is 1. The molecule has 1 saturated heterocycles. The first kappa shape index (κ1) is 25.1. The predicted molar refractivity (Wildman–Crippen MR) is 127 cm³/mol. The number of carbonyl (C=O) groups is 3. The molecule has 178 valence electrons. The number of carboxylic acids is 1. The maximum absolute atomic E-state index is 13.3. The molecule has 7 nitrogen and oxygen atoms in total. The summed E-state index contributed by atoms with van der Waals surface area (Å²) in [5, 5.41) is 14.6. The monoisotopic (exact) mass is 482 g/mol. The van der Waals surface area contributed by atoms with Gasteiger partial charge in [0.05, 0.1) is 17.9 Å². The van der Waals surface area contributed by atoms with Gasteiger partial charge >= 0.3 is 11.9 Å². The number of hydrogen-bond acceptors (Lipinski definition) is 7. The third-order valence-electron chi connectivity index (χ3n) is 6.21. The maximum Gasteiger partial charge on any atom is 0.323 e. The van der Waals surface area contributed by atoms with Crippen LogP contribution in [0.15, 0.2) is 17.5 Å². The lowest BCUT2D eigenvalue weighted by Gasteiger charge is -2.28. The zero-order valence-corrected chi connectivity index (χ0v) is 20.3. The molecule has 32 heavy (non-hydrogen) atoms. The molecule has 3 rings (SSSR count). The van der Waals surface area contributed by atoms with Crippen molar-refractivity contribution in [1.29, 1.82) is 0 Å². The second-order valence-corrected chi connectivity index (χ2v) is 10.8. The Morgan fingerprint density at radius 1 is 1.31 bits per heavy atom. The molecule has 0 spiro atoms. The van der Waals surface area contributed by atoms with Gasteiger partial charge in [-0.2, -0.15) is 0 Å². The maximum atomic E-state index is 13.3. The second kappa shape index (κ2) is 12.6. The van der Waals surface area contributed by atoms with Crippen LogP contribution < -0.4 is 5.32 Å². The minimum Gasteiger partial charge on any atom is -0.480 e. The van der Waals surface area contributed by atoms with Crippen molar-refractivity contribution in [3.63, 3.8) is 0 Å². The lowest BCUT2D eigenvalue weighted by atomic mass is 9.85. The number of thiophene rings is 1. The van der Waals surface area contributed by atoms with E-state index in [0.717, 1.165) is 11.3 Å². The molecule has 1 amide bonds. The third kappa shape index (κ3) is 7.22. The molecule has 2 heterocycles. The third-order valence-corrected chi connectivity index (χ3v) is 8.67. The van der Waals surface area contributed by atoms with Crippen LogP contribution in [0.2, 0.25) is 0 Å². The first-order valence-corrected chi connectivity index (χ1v) is 13.5. The van der Waals surface area contributed by atoms with Gasteiger partial charge in [-0.25, -0.2) is 0 Å². The molecule has 3 atom stereocenters. The quantitative estimate of drug-likeness (QED) is 0.491. The molecule has 1 aromatic rings. The zero-order chi connectivity index (χ0) is 22.9. The molecule has 0 aromatic carbocycles. The highest BCUT2D eigenvalue weighted by Crippen LogP contribution is 2.36. The van der Waals surface area contributed by atoms with Crippen molar-refractivity contribution in [2.75, 3.05) is 25.4 Å². The van der Waals surface area contributed by atoms with Crippen molar-refractivity contribution in [3.05, 3.63) is 22.4 Å². The highest BCUT2D eigenvalue weighted by atomic mass is 32.2. The Balaban J connectivity index is 1.71. The van der Waals surface area contributed by atoms with Crippen molar-refractivity contribution in [2.45, 2.75) is 69.2 Å². The number of carbonyl (C=O) groups excluding carboxylic acids is 2. The number of nitrogens with one attached hydrogen (secondary N) is 1. The van der Waals surface area contributed by atoms with Crippen LogP contribution in [0.5, 0.6) is 0 Å². The van der Waals surface area contributed by atoms with Crippen LogP contribution in [0.25, 0.3) is 0 Å². The van der Waals surface area contributed by atoms with Gasteiger partial charge in [-0.3, -0.25) is 19.7 Å². The van der Waals surface area contributed by atoms with Gasteiger partial charge in [0.1, 0.15) is 12.6 Å². The molecule has 9 heteroatoms. The summed E-state index contributed by atoms with van der Waals surface area (Å²) in [4.78, 5) is 39.9. The number of nitrogens with zero attached hydrogens (tertiary/aromatic N) is 1. The molecule has 2 aliphatic rings. The topological polar surface area (TPSA) is 95.9 Å². The number of esters is 1. The highest BCUT2D eigenvalue weighted by Gasteiger charge is 2.36. The number of thioether (sulfide) groups is 1. The highest BCUT2D eigenvalue weighted by molar-refractivity contribution is 7.99. The average Bonchev–Trinajstić information content (AvgIpc) is 3.27. The van der Waals surface area contributed by atoms with Crippen LogP contribution in [0.3, 0.4) is 0 Å². The first-order valence-electron chi connectivity index (χ1n) is 11.6. The normalized spacial score (nSPS) is 23.5. The molecule has 0 bridgehead atoms. The number of aliphatic carboxylic acids is 1. The predicted octanol–water partition coefficient (Wildman–Crippen LogP) is 3.70. The molecular weight excluding hydrogens is 448 g/mol. The van der Waals surface area contributed by atoms with Crippen molar-refractivity contribution < 1.29 is 24.2 Å². The van der Waals surface area contributed by atoms with Crippen molar-refractivity contribution in [1.82, 2.24) is 10.2 Å². The standard InChI is InChI=1S/C23H34N2O5S2/c1-2-30-23(29)17(11-10-16-7-4-3-5-8-16)24-18-15-32-20(19-9-6-12-31-19)13-25(22(18)28)14-21(26)27/h6,9,12,16-18,20,24H,2-5,7-8,10-11,13-15H2,1H3,(H,26,27). The fraction of sp³-hybridized carbons (Fsp3) is 0.696. The summed E-state index contributed by atoms with van der Waals surface area (Å²) >= 11 is 3.25. The summed E-state index contributed by atoms with van der Waals surface area (Å²) in [7, 11) is 0.